The lowest BCUT2D eigenvalue weighted by molar-refractivity contribution is -0.123. The first-order chi connectivity index (χ1) is 11.7. The minimum Gasteiger partial charge on any atom is -0.493 e. The first kappa shape index (κ1) is 15.5. The Hall–Kier alpha value is -2.04. The van der Waals surface area contributed by atoms with E-state index < -0.39 is 0 Å². The van der Waals surface area contributed by atoms with Crippen LogP contribution in [-0.4, -0.2) is 25.3 Å². The van der Waals surface area contributed by atoms with E-state index >= 15 is 0 Å². The number of carbonyl (C=O) groups excluding carboxylic acids is 1. The average Bonchev–Trinajstić information content (AvgIpc) is 2.59. The Balaban J connectivity index is 1.33. The molecule has 0 aromatic heterocycles. The van der Waals surface area contributed by atoms with Crippen LogP contribution in [0.15, 0.2) is 29.4 Å². The molecule has 0 heterocycles. The molecule has 0 spiro atoms. The first-order valence-corrected chi connectivity index (χ1v) is 8.85. The minimum atomic E-state index is -0.220. The number of hydrogen-bond acceptors (Lipinski definition) is 4. The number of rotatable bonds is 5. The lowest BCUT2D eigenvalue weighted by Crippen LogP contribution is -2.46. The summed E-state index contributed by atoms with van der Waals surface area (Å²) in [7, 11) is 1.58. The van der Waals surface area contributed by atoms with Crippen LogP contribution in [0, 0.1) is 23.7 Å². The molecule has 0 saturated heterocycles. The van der Waals surface area contributed by atoms with E-state index in [4.69, 9.17) is 9.47 Å². The highest BCUT2D eigenvalue weighted by Crippen LogP contribution is 2.52. The Labute approximate surface area is 142 Å². The van der Waals surface area contributed by atoms with Crippen LogP contribution in [0.25, 0.3) is 0 Å². The molecule has 4 aliphatic rings. The lowest BCUT2D eigenvalue weighted by atomic mass is 9.55. The highest BCUT2D eigenvalue weighted by atomic mass is 16.5. The van der Waals surface area contributed by atoms with E-state index in [0.717, 1.165) is 11.8 Å². The average molecular weight is 328 g/mol. The zero-order valence-electron chi connectivity index (χ0n) is 14.0. The Morgan fingerprint density at radius 2 is 1.71 bits per heavy atom. The fourth-order valence-corrected chi connectivity index (χ4v) is 4.89. The first-order valence-electron chi connectivity index (χ1n) is 8.85. The van der Waals surface area contributed by atoms with Crippen LogP contribution < -0.4 is 14.9 Å². The van der Waals surface area contributed by atoms with Crippen LogP contribution in [0.3, 0.4) is 0 Å². The number of para-hydroxylation sites is 2. The molecule has 0 atom stereocenters. The van der Waals surface area contributed by atoms with Gasteiger partial charge < -0.3 is 9.47 Å². The van der Waals surface area contributed by atoms with Gasteiger partial charge in [0.1, 0.15) is 0 Å². The molecule has 1 N–H and O–H groups in total. The molecule has 1 aromatic rings. The van der Waals surface area contributed by atoms with Gasteiger partial charge in [0.15, 0.2) is 18.1 Å². The van der Waals surface area contributed by atoms with Crippen molar-refractivity contribution in [3.63, 3.8) is 0 Å². The van der Waals surface area contributed by atoms with Crippen molar-refractivity contribution in [3.8, 4) is 11.5 Å². The van der Waals surface area contributed by atoms with Gasteiger partial charge in [0.2, 0.25) is 0 Å². The van der Waals surface area contributed by atoms with Gasteiger partial charge in [-0.15, -0.1) is 0 Å². The topological polar surface area (TPSA) is 59.9 Å². The number of hydrazone groups is 1. The van der Waals surface area contributed by atoms with Crippen molar-refractivity contribution in [2.45, 2.75) is 32.1 Å². The summed E-state index contributed by atoms with van der Waals surface area (Å²) in [5.41, 5.74) is 3.93. The van der Waals surface area contributed by atoms with Crippen molar-refractivity contribution in [1.29, 1.82) is 0 Å². The summed E-state index contributed by atoms with van der Waals surface area (Å²) >= 11 is 0. The summed E-state index contributed by atoms with van der Waals surface area (Å²) in [5, 5.41) is 4.48. The minimum absolute atomic E-state index is 0.0578. The molecule has 4 aliphatic carbocycles. The van der Waals surface area contributed by atoms with E-state index in [9.17, 15) is 4.79 Å². The number of nitrogens with zero attached hydrogens (tertiary/aromatic N) is 1. The second kappa shape index (κ2) is 6.46. The Kier molecular flexibility index (Phi) is 4.17. The summed E-state index contributed by atoms with van der Waals surface area (Å²) in [4.78, 5) is 12.1. The van der Waals surface area contributed by atoms with Gasteiger partial charge >= 0.3 is 0 Å². The SMILES string of the molecule is COc1ccccc1OCC(=O)NN=C1C2CC3CC(C2)CC1C3. The van der Waals surface area contributed by atoms with E-state index in [-0.39, 0.29) is 12.5 Å². The molecule has 0 radical (unpaired) electrons. The Morgan fingerprint density at radius 3 is 2.33 bits per heavy atom. The molecule has 5 heteroatoms. The molecule has 1 aromatic carbocycles. The van der Waals surface area contributed by atoms with Gasteiger partial charge in [-0.05, 0) is 67.9 Å². The van der Waals surface area contributed by atoms with Crippen molar-refractivity contribution < 1.29 is 14.3 Å². The van der Waals surface area contributed by atoms with Crippen LogP contribution in [0.4, 0.5) is 0 Å². The second-order valence-electron chi connectivity index (χ2n) is 7.32. The van der Waals surface area contributed by atoms with E-state index in [1.165, 1.54) is 37.8 Å². The monoisotopic (exact) mass is 328 g/mol. The third-order valence-corrected chi connectivity index (χ3v) is 5.71. The second-order valence-corrected chi connectivity index (χ2v) is 7.32. The molecule has 4 bridgehead atoms. The summed E-state index contributed by atoms with van der Waals surface area (Å²) in [6, 6.07) is 7.31. The normalized spacial score (nSPS) is 30.1. The number of carbonyl (C=O) groups is 1. The van der Waals surface area contributed by atoms with Crippen LogP contribution in [0.2, 0.25) is 0 Å². The largest absolute Gasteiger partial charge is 0.493 e. The molecule has 1 amide bonds. The van der Waals surface area contributed by atoms with Crippen molar-refractivity contribution in [1.82, 2.24) is 5.43 Å². The third-order valence-electron chi connectivity index (χ3n) is 5.71. The van der Waals surface area contributed by atoms with E-state index in [0.29, 0.717) is 23.3 Å². The van der Waals surface area contributed by atoms with E-state index in [1.54, 1.807) is 13.2 Å². The molecule has 4 saturated carbocycles. The molecule has 24 heavy (non-hydrogen) atoms. The summed E-state index contributed by atoms with van der Waals surface area (Å²) < 4.78 is 10.8. The Bertz CT molecular complexity index is 626. The Morgan fingerprint density at radius 1 is 1.08 bits per heavy atom. The quantitative estimate of drug-likeness (QED) is 0.845. The van der Waals surface area contributed by atoms with E-state index in [1.807, 2.05) is 18.2 Å². The van der Waals surface area contributed by atoms with Gasteiger partial charge in [0, 0.05) is 5.71 Å². The van der Waals surface area contributed by atoms with Gasteiger partial charge in [-0.25, -0.2) is 5.43 Å². The molecule has 0 unspecified atom stereocenters. The number of ether oxygens (including phenoxy) is 2. The molecular weight excluding hydrogens is 304 g/mol. The number of amides is 1. The number of nitrogens with one attached hydrogen (secondary N) is 1. The van der Waals surface area contributed by atoms with Crippen LogP contribution in [-0.2, 0) is 4.79 Å². The van der Waals surface area contributed by atoms with Crippen molar-refractivity contribution >= 4 is 11.6 Å². The highest BCUT2D eigenvalue weighted by molar-refractivity contribution is 5.92. The number of benzene rings is 1. The van der Waals surface area contributed by atoms with Gasteiger partial charge in [0.25, 0.3) is 5.91 Å². The molecule has 128 valence electrons. The fourth-order valence-electron chi connectivity index (χ4n) is 4.89. The maximum atomic E-state index is 12.1. The van der Waals surface area contributed by atoms with Gasteiger partial charge in [-0.3, -0.25) is 4.79 Å². The van der Waals surface area contributed by atoms with Crippen LogP contribution in [0.1, 0.15) is 32.1 Å². The summed E-state index contributed by atoms with van der Waals surface area (Å²) in [5.74, 6) is 3.96. The highest BCUT2D eigenvalue weighted by Gasteiger charge is 2.46. The maximum absolute atomic E-state index is 12.1. The fraction of sp³-hybridized carbons (Fsp3) is 0.579. The predicted octanol–water partition coefficient (Wildman–Crippen LogP) is 3.00. The zero-order chi connectivity index (χ0) is 16.5. The number of methoxy groups -OCH3 is 1. The van der Waals surface area contributed by atoms with Crippen LogP contribution in [0.5, 0.6) is 11.5 Å². The number of hydrogen-bond donors (Lipinski definition) is 1. The van der Waals surface area contributed by atoms with Crippen molar-refractivity contribution in [3.05, 3.63) is 24.3 Å². The molecule has 0 aliphatic heterocycles. The predicted molar refractivity (Wildman–Crippen MR) is 91.1 cm³/mol. The smallest absolute Gasteiger partial charge is 0.277 e. The molecule has 5 rings (SSSR count). The molecular formula is C19H24N2O3. The standard InChI is InChI=1S/C19H24N2O3/c1-23-16-4-2-3-5-17(16)24-11-18(22)20-21-19-14-7-12-6-13(9-14)10-15(19)8-12/h2-5,12-15H,6-11H2,1H3,(H,20,22). The zero-order valence-corrected chi connectivity index (χ0v) is 14.0. The van der Waals surface area contributed by atoms with Crippen molar-refractivity contribution in [2.24, 2.45) is 28.8 Å². The molecule has 5 nitrogen and oxygen atoms in total. The lowest BCUT2D eigenvalue weighted by Gasteiger charge is -2.50. The van der Waals surface area contributed by atoms with Gasteiger partial charge in [0.05, 0.1) is 7.11 Å². The maximum Gasteiger partial charge on any atom is 0.277 e. The summed E-state index contributed by atoms with van der Waals surface area (Å²) in [6.45, 7) is -0.0578. The van der Waals surface area contributed by atoms with Crippen LogP contribution >= 0.6 is 0 Å². The summed E-state index contributed by atoms with van der Waals surface area (Å²) in [6.07, 6.45) is 6.47. The third kappa shape index (κ3) is 2.99. The van der Waals surface area contributed by atoms with Crippen molar-refractivity contribution in [2.75, 3.05) is 13.7 Å². The molecule has 4 fully saturated rings. The van der Waals surface area contributed by atoms with E-state index in [2.05, 4.69) is 10.5 Å². The van der Waals surface area contributed by atoms with Gasteiger partial charge in [-0.1, -0.05) is 12.1 Å². The van der Waals surface area contributed by atoms with Gasteiger partial charge in [-0.2, -0.15) is 5.10 Å².